The summed E-state index contributed by atoms with van der Waals surface area (Å²) in [4.78, 5) is 0. The van der Waals surface area contributed by atoms with Crippen molar-refractivity contribution in [2.45, 2.75) is 19.9 Å². The Morgan fingerprint density at radius 3 is 2.35 bits per heavy atom. The van der Waals surface area contributed by atoms with Crippen LogP contribution in [0.25, 0.3) is 0 Å². The maximum absolute atomic E-state index is 6.07. The summed E-state index contributed by atoms with van der Waals surface area (Å²) in [6.45, 7) is 5.79. The van der Waals surface area contributed by atoms with Crippen LogP contribution in [0.5, 0.6) is 5.75 Å². The first-order chi connectivity index (χ1) is 8.69. The zero-order chi connectivity index (χ0) is 13.4. The second-order valence-corrected chi connectivity index (χ2v) is 4.81. The quantitative estimate of drug-likeness (QED) is 0.686. The molecule has 20 heavy (non-hydrogen) atoms. The normalized spacial score (nSPS) is 9.60. The van der Waals surface area contributed by atoms with Crippen molar-refractivity contribution >= 4 is 48.0 Å². The van der Waals surface area contributed by atoms with Gasteiger partial charge in [-0.25, -0.2) is 0 Å². The minimum absolute atomic E-state index is 0. The molecular formula is C13H22Cl4N2O. The van der Waals surface area contributed by atoms with E-state index in [0.717, 1.165) is 31.6 Å². The first-order valence-electron chi connectivity index (χ1n) is 6.12. The molecule has 0 unspecified atom stereocenters. The highest BCUT2D eigenvalue weighted by molar-refractivity contribution is 6.35. The molecule has 0 heterocycles. The predicted molar refractivity (Wildman–Crippen MR) is 92.4 cm³/mol. The van der Waals surface area contributed by atoms with E-state index in [1.165, 1.54) is 0 Å². The molecule has 0 aromatic heterocycles. The van der Waals surface area contributed by atoms with Crippen LogP contribution in [-0.4, -0.2) is 26.7 Å². The Morgan fingerprint density at radius 2 is 1.75 bits per heavy atom. The Morgan fingerprint density at radius 1 is 1.10 bits per heavy atom. The van der Waals surface area contributed by atoms with Gasteiger partial charge in [0.2, 0.25) is 0 Å². The molecule has 0 aliphatic heterocycles. The average Bonchev–Trinajstić information content (AvgIpc) is 2.33. The lowest BCUT2D eigenvalue weighted by Gasteiger charge is -2.12. The molecule has 0 aliphatic carbocycles. The molecule has 1 aromatic rings. The third kappa shape index (κ3) is 7.77. The number of halogens is 4. The molecule has 0 atom stereocenters. The van der Waals surface area contributed by atoms with Crippen LogP contribution in [-0.2, 0) is 6.54 Å². The molecule has 0 radical (unpaired) electrons. The standard InChI is InChI=1S/C13H20Cl2N2O.2ClH/c1-3-16-5-4-6-17-9-10-7-11(14)8-12(15)13(10)18-2;;/h7-8,16-17H,3-6,9H2,1-2H3;2*1H. The molecule has 0 fully saturated rings. The van der Waals surface area contributed by atoms with E-state index in [9.17, 15) is 0 Å². The van der Waals surface area contributed by atoms with Gasteiger partial charge < -0.3 is 15.4 Å². The fourth-order valence-electron chi connectivity index (χ4n) is 1.71. The van der Waals surface area contributed by atoms with Crippen molar-refractivity contribution in [3.8, 4) is 5.75 Å². The van der Waals surface area contributed by atoms with E-state index in [1.54, 1.807) is 13.2 Å². The van der Waals surface area contributed by atoms with Crippen molar-refractivity contribution in [3.63, 3.8) is 0 Å². The number of benzene rings is 1. The molecule has 0 bridgehead atoms. The summed E-state index contributed by atoms with van der Waals surface area (Å²) in [5.41, 5.74) is 0.985. The summed E-state index contributed by atoms with van der Waals surface area (Å²) >= 11 is 12.1. The van der Waals surface area contributed by atoms with Gasteiger partial charge in [-0.1, -0.05) is 30.1 Å². The Hall–Kier alpha value is 0.1000. The lowest BCUT2D eigenvalue weighted by molar-refractivity contribution is 0.408. The molecule has 0 aliphatic rings. The van der Waals surface area contributed by atoms with Gasteiger partial charge in [0.1, 0.15) is 5.75 Å². The van der Waals surface area contributed by atoms with Crippen molar-refractivity contribution in [2.24, 2.45) is 0 Å². The van der Waals surface area contributed by atoms with Crippen LogP contribution in [0.3, 0.4) is 0 Å². The van der Waals surface area contributed by atoms with Crippen molar-refractivity contribution < 1.29 is 4.74 Å². The molecule has 0 saturated carbocycles. The van der Waals surface area contributed by atoms with Crippen LogP contribution in [0.4, 0.5) is 0 Å². The Labute approximate surface area is 143 Å². The van der Waals surface area contributed by atoms with Crippen molar-refractivity contribution in [3.05, 3.63) is 27.7 Å². The minimum Gasteiger partial charge on any atom is -0.495 e. The molecule has 7 heteroatoms. The third-order valence-corrected chi connectivity index (χ3v) is 3.06. The van der Waals surface area contributed by atoms with Crippen molar-refractivity contribution in [1.82, 2.24) is 10.6 Å². The molecule has 0 amide bonds. The second-order valence-electron chi connectivity index (χ2n) is 3.96. The van der Waals surface area contributed by atoms with Gasteiger partial charge in [-0.05, 0) is 38.2 Å². The van der Waals surface area contributed by atoms with Crippen LogP contribution in [0.2, 0.25) is 10.0 Å². The molecule has 0 saturated heterocycles. The monoisotopic (exact) mass is 362 g/mol. The number of rotatable bonds is 8. The number of ether oxygens (including phenoxy) is 1. The Bertz CT molecular complexity index is 378. The summed E-state index contributed by atoms with van der Waals surface area (Å²) in [5, 5.41) is 7.81. The zero-order valence-corrected chi connectivity index (χ0v) is 14.8. The smallest absolute Gasteiger partial charge is 0.142 e. The van der Waals surface area contributed by atoms with Gasteiger partial charge in [0.05, 0.1) is 12.1 Å². The molecule has 118 valence electrons. The fourth-order valence-corrected chi connectivity index (χ4v) is 2.32. The highest BCUT2D eigenvalue weighted by Crippen LogP contribution is 2.31. The van der Waals surface area contributed by atoms with E-state index in [-0.39, 0.29) is 24.8 Å². The first kappa shape index (κ1) is 22.4. The van der Waals surface area contributed by atoms with Crippen LogP contribution in [0.1, 0.15) is 18.9 Å². The summed E-state index contributed by atoms with van der Waals surface area (Å²) in [6, 6.07) is 3.57. The highest BCUT2D eigenvalue weighted by atomic mass is 35.5. The van der Waals surface area contributed by atoms with Gasteiger partial charge >= 0.3 is 0 Å². The van der Waals surface area contributed by atoms with Crippen LogP contribution < -0.4 is 15.4 Å². The van der Waals surface area contributed by atoms with Gasteiger partial charge in [0.15, 0.2) is 0 Å². The zero-order valence-electron chi connectivity index (χ0n) is 11.7. The number of methoxy groups -OCH3 is 1. The number of hydrogen-bond acceptors (Lipinski definition) is 3. The molecule has 1 rings (SSSR count). The van der Waals surface area contributed by atoms with Crippen LogP contribution in [0.15, 0.2) is 12.1 Å². The second kappa shape index (κ2) is 12.8. The van der Waals surface area contributed by atoms with E-state index >= 15 is 0 Å². The summed E-state index contributed by atoms with van der Waals surface area (Å²) < 4.78 is 5.28. The molecule has 0 spiro atoms. The van der Waals surface area contributed by atoms with Gasteiger partial charge in [0, 0.05) is 17.1 Å². The average molecular weight is 364 g/mol. The summed E-state index contributed by atoms with van der Waals surface area (Å²) in [7, 11) is 1.61. The molecule has 3 nitrogen and oxygen atoms in total. The fraction of sp³-hybridized carbons (Fsp3) is 0.538. The number of hydrogen-bond donors (Lipinski definition) is 2. The SMILES string of the molecule is CCNCCCNCc1cc(Cl)cc(Cl)c1OC.Cl.Cl. The number of nitrogens with one attached hydrogen (secondary N) is 2. The van der Waals surface area contributed by atoms with Crippen molar-refractivity contribution in [1.29, 1.82) is 0 Å². The van der Waals surface area contributed by atoms with Gasteiger partial charge in [-0.15, -0.1) is 24.8 Å². The van der Waals surface area contributed by atoms with Gasteiger partial charge in [-0.2, -0.15) is 0 Å². The van der Waals surface area contributed by atoms with Crippen LogP contribution in [0, 0.1) is 0 Å². The minimum atomic E-state index is 0. The molecule has 2 N–H and O–H groups in total. The molecular weight excluding hydrogens is 342 g/mol. The maximum atomic E-state index is 6.07. The summed E-state index contributed by atoms with van der Waals surface area (Å²) in [6.07, 6.45) is 1.09. The first-order valence-corrected chi connectivity index (χ1v) is 6.88. The Kier molecular flexibility index (Phi) is 14.3. The Balaban J connectivity index is 0. The van der Waals surface area contributed by atoms with E-state index < -0.39 is 0 Å². The van der Waals surface area contributed by atoms with Gasteiger partial charge in [0.25, 0.3) is 0 Å². The van der Waals surface area contributed by atoms with E-state index in [0.29, 0.717) is 22.3 Å². The highest BCUT2D eigenvalue weighted by Gasteiger charge is 2.09. The maximum Gasteiger partial charge on any atom is 0.142 e. The van der Waals surface area contributed by atoms with Crippen molar-refractivity contribution in [2.75, 3.05) is 26.7 Å². The van der Waals surface area contributed by atoms with E-state index in [1.807, 2.05) is 6.07 Å². The van der Waals surface area contributed by atoms with Gasteiger partial charge in [-0.3, -0.25) is 0 Å². The third-order valence-electron chi connectivity index (χ3n) is 2.56. The lowest BCUT2D eigenvalue weighted by Crippen LogP contribution is -2.21. The topological polar surface area (TPSA) is 33.3 Å². The van der Waals surface area contributed by atoms with E-state index in [2.05, 4.69) is 17.6 Å². The van der Waals surface area contributed by atoms with Crippen LogP contribution >= 0.6 is 48.0 Å². The largest absolute Gasteiger partial charge is 0.495 e. The summed E-state index contributed by atoms with van der Waals surface area (Å²) in [5.74, 6) is 0.695. The lowest BCUT2D eigenvalue weighted by atomic mass is 10.2. The van der Waals surface area contributed by atoms with E-state index in [4.69, 9.17) is 27.9 Å². The predicted octanol–water partition coefficient (Wildman–Crippen LogP) is 3.93. The molecule has 1 aromatic carbocycles.